The number of para-hydroxylation sites is 1. The van der Waals surface area contributed by atoms with E-state index in [1.165, 1.54) is 4.57 Å². The van der Waals surface area contributed by atoms with Gasteiger partial charge in [0.25, 0.3) is 5.56 Å². The standard InChI is InChI=1S/C23H19N3O3/c1-15-12-16(2)26(23(29)19(15)13-24)14-21(27)25-20-11-7-6-10-18(20)22(28)17-8-4-3-5-9-17/h3-12H,14H2,1-2H3,(H,25,27). The molecule has 6 heteroatoms. The number of hydrogen-bond donors (Lipinski definition) is 1. The van der Waals surface area contributed by atoms with Crippen molar-refractivity contribution in [3.63, 3.8) is 0 Å². The highest BCUT2D eigenvalue weighted by atomic mass is 16.2. The van der Waals surface area contributed by atoms with E-state index in [1.807, 2.05) is 12.1 Å². The van der Waals surface area contributed by atoms with Crippen molar-refractivity contribution in [2.75, 3.05) is 5.32 Å². The van der Waals surface area contributed by atoms with Crippen molar-refractivity contribution in [3.05, 3.63) is 99.0 Å². The van der Waals surface area contributed by atoms with E-state index in [9.17, 15) is 19.6 Å². The van der Waals surface area contributed by atoms with Gasteiger partial charge in [0.2, 0.25) is 5.91 Å². The predicted octanol–water partition coefficient (Wildman–Crippen LogP) is 3.21. The van der Waals surface area contributed by atoms with Crippen molar-refractivity contribution in [1.29, 1.82) is 5.26 Å². The fourth-order valence-electron chi connectivity index (χ4n) is 3.13. The molecule has 3 rings (SSSR count). The minimum atomic E-state index is -0.506. The molecular weight excluding hydrogens is 366 g/mol. The van der Waals surface area contributed by atoms with Crippen LogP contribution in [-0.4, -0.2) is 16.3 Å². The largest absolute Gasteiger partial charge is 0.324 e. The Hall–Kier alpha value is -3.98. The lowest BCUT2D eigenvalue weighted by Gasteiger charge is -2.14. The van der Waals surface area contributed by atoms with Crippen LogP contribution in [0.15, 0.2) is 65.5 Å². The number of ketones is 1. The summed E-state index contributed by atoms with van der Waals surface area (Å²) in [6.45, 7) is 3.13. The van der Waals surface area contributed by atoms with Gasteiger partial charge in [0.1, 0.15) is 18.2 Å². The number of hydrogen-bond acceptors (Lipinski definition) is 4. The van der Waals surface area contributed by atoms with E-state index in [4.69, 9.17) is 0 Å². The minimum absolute atomic E-state index is 0.0167. The molecule has 0 bridgehead atoms. The highest BCUT2D eigenvalue weighted by molar-refractivity contribution is 6.13. The van der Waals surface area contributed by atoms with Crippen LogP contribution < -0.4 is 10.9 Å². The molecule has 1 N–H and O–H groups in total. The molecule has 0 saturated heterocycles. The van der Waals surface area contributed by atoms with Crippen LogP contribution in [0.5, 0.6) is 0 Å². The molecular formula is C23H19N3O3. The van der Waals surface area contributed by atoms with E-state index in [-0.39, 0.29) is 17.9 Å². The van der Waals surface area contributed by atoms with Crippen LogP contribution >= 0.6 is 0 Å². The molecule has 0 aliphatic rings. The lowest BCUT2D eigenvalue weighted by molar-refractivity contribution is -0.116. The van der Waals surface area contributed by atoms with E-state index in [0.717, 1.165) is 0 Å². The smallest absolute Gasteiger partial charge is 0.269 e. The van der Waals surface area contributed by atoms with Gasteiger partial charge in [0, 0.05) is 16.8 Å². The number of carbonyl (C=O) groups is 2. The minimum Gasteiger partial charge on any atom is -0.324 e. The third kappa shape index (κ3) is 4.14. The Labute approximate surface area is 168 Å². The molecule has 0 fully saturated rings. The number of anilines is 1. The number of aromatic nitrogens is 1. The van der Waals surface area contributed by atoms with Gasteiger partial charge in [-0.1, -0.05) is 42.5 Å². The topological polar surface area (TPSA) is 92.0 Å². The lowest BCUT2D eigenvalue weighted by atomic mass is 10.0. The zero-order valence-corrected chi connectivity index (χ0v) is 16.1. The van der Waals surface area contributed by atoms with Crippen molar-refractivity contribution in [2.24, 2.45) is 0 Å². The fraction of sp³-hybridized carbons (Fsp3) is 0.130. The lowest BCUT2D eigenvalue weighted by Crippen LogP contribution is -2.31. The summed E-state index contributed by atoms with van der Waals surface area (Å²) in [4.78, 5) is 37.9. The number of aryl methyl sites for hydroxylation is 2. The summed E-state index contributed by atoms with van der Waals surface area (Å²) in [5, 5.41) is 11.9. The molecule has 1 amide bonds. The Morgan fingerprint density at radius 1 is 1.03 bits per heavy atom. The maximum Gasteiger partial charge on any atom is 0.269 e. The number of nitrogens with zero attached hydrogens (tertiary/aromatic N) is 2. The first-order valence-corrected chi connectivity index (χ1v) is 9.02. The first kappa shape index (κ1) is 19.8. The Bertz CT molecular complexity index is 1190. The van der Waals surface area contributed by atoms with E-state index >= 15 is 0 Å². The fourth-order valence-corrected chi connectivity index (χ4v) is 3.13. The van der Waals surface area contributed by atoms with Crippen LogP contribution in [0.3, 0.4) is 0 Å². The Kier molecular flexibility index (Phi) is 5.70. The van der Waals surface area contributed by atoms with Gasteiger partial charge in [0.05, 0.1) is 5.69 Å². The molecule has 0 aliphatic heterocycles. The van der Waals surface area contributed by atoms with Crippen LogP contribution in [0.4, 0.5) is 5.69 Å². The number of carbonyl (C=O) groups excluding carboxylic acids is 2. The summed E-state index contributed by atoms with van der Waals surface area (Å²) >= 11 is 0. The van der Waals surface area contributed by atoms with E-state index in [2.05, 4.69) is 5.32 Å². The first-order valence-electron chi connectivity index (χ1n) is 9.02. The van der Waals surface area contributed by atoms with Gasteiger partial charge in [0.15, 0.2) is 5.78 Å². The van der Waals surface area contributed by atoms with Crippen molar-refractivity contribution in [1.82, 2.24) is 4.57 Å². The van der Waals surface area contributed by atoms with E-state index in [1.54, 1.807) is 68.4 Å². The summed E-state index contributed by atoms with van der Waals surface area (Å²) in [6.07, 6.45) is 0. The summed E-state index contributed by atoms with van der Waals surface area (Å²) in [5.74, 6) is -0.673. The van der Waals surface area contributed by atoms with E-state index in [0.29, 0.717) is 28.1 Å². The average molecular weight is 385 g/mol. The number of benzene rings is 2. The van der Waals surface area contributed by atoms with Gasteiger partial charge in [-0.15, -0.1) is 0 Å². The summed E-state index contributed by atoms with van der Waals surface area (Å²) in [7, 11) is 0. The molecule has 1 heterocycles. The second-order valence-electron chi connectivity index (χ2n) is 6.64. The number of rotatable bonds is 5. The van der Waals surface area contributed by atoms with Crippen molar-refractivity contribution in [2.45, 2.75) is 20.4 Å². The van der Waals surface area contributed by atoms with Crippen molar-refractivity contribution in [3.8, 4) is 6.07 Å². The molecule has 0 spiro atoms. The van der Waals surface area contributed by atoms with Crippen molar-refractivity contribution >= 4 is 17.4 Å². The normalized spacial score (nSPS) is 10.2. The molecule has 0 radical (unpaired) electrons. The number of pyridine rings is 1. The van der Waals surface area contributed by atoms with Gasteiger partial charge in [-0.3, -0.25) is 14.4 Å². The maximum atomic E-state index is 12.8. The quantitative estimate of drug-likeness (QED) is 0.683. The number of nitriles is 1. The zero-order valence-electron chi connectivity index (χ0n) is 16.1. The van der Waals surface area contributed by atoms with E-state index < -0.39 is 11.5 Å². The third-order valence-corrected chi connectivity index (χ3v) is 4.60. The Morgan fingerprint density at radius 2 is 1.69 bits per heavy atom. The average Bonchev–Trinajstić information content (AvgIpc) is 2.72. The van der Waals surface area contributed by atoms with Crippen LogP contribution in [0.2, 0.25) is 0 Å². The van der Waals surface area contributed by atoms with Crippen molar-refractivity contribution < 1.29 is 9.59 Å². The van der Waals surface area contributed by atoms with Gasteiger partial charge in [-0.2, -0.15) is 5.26 Å². The van der Waals surface area contributed by atoms with Crippen LogP contribution in [-0.2, 0) is 11.3 Å². The second-order valence-corrected chi connectivity index (χ2v) is 6.64. The molecule has 1 aromatic heterocycles. The monoisotopic (exact) mass is 385 g/mol. The molecule has 0 saturated carbocycles. The van der Waals surface area contributed by atoms with Crippen LogP contribution in [0.25, 0.3) is 0 Å². The molecule has 0 unspecified atom stereocenters. The zero-order chi connectivity index (χ0) is 21.0. The second kappa shape index (κ2) is 8.36. The molecule has 6 nitrogen and oxygen atoms in total. The van der Waals surface area contributed by atoms with Gasteiger partial charge >= 0.3 is 0 Å². The summed E-state index contributed by atoms with van der Waals surface area (Å²) in [6, 6.07) is 19.1. The molecule has 2 aromatic carbocycles. The molecule has 0 aliphatic carbocycles. The third-order valence-electron chi connectivity index (χ3n) is 4.60. The van der Waals surface area contributed by atoms with Crippen LogP contribution in [0, 0.1) is 25.2 Å². The van der Waals surface area contributed by atoms with Crippen LogP contribution in [0.1, 0.15) is 32.7 Å². The maximum absolute atomic E-state index is 12.8. The highest BCUT2D eigenvalue weighted by Gasteiger charge is 2.17. The molecule has 144 valence electrons. The first-order chi connectivity index (χ1) is 13.9. The molecule has 3 aromatic rings. The number of nitrogens with one attached hydrogen (secondary N) is 1. The van der Waals surface area contributed by atoms with Gasteiger partial charge < -0.3 is 9.88 Å². The SMILES string of the molecule is Cc1cc(C)n(CC(=O)Nc2ccccc2C(=O)c2ccccc2)c(=O)c1C#N. The summed E-state index contributed by atoms with van der Waals surface area (Å²) in [5.41, 5.74) is 1.90. The predicted molar refractivity (Wildman–Crippen MR) is 110 cm³/mol. The molecule has 29 heavy (non-hydrogen) atoms. The number of amides is 1. The summed E-state index contributed by atoms with van der Waals surface area (Å²) < 4.78 is 1.25. The van der Waals surface area contributed by atoms with Gasteiger partial charge in [-0.05, 0) is 37.6 Å². The van der Waals surface area contributed by atoms with Gasteiger partial charge in [-0.25, -0.2) is 0 Å². The Morgan fingerprint density at radius 3 is 2.38 bits per heavy atom. The molecule has 0 atom stereocenters. The Balaban J connectivity index is 1.88. The highest BCUT2D eigenvalue weighted by Crippen LogP contribution is 2.19.